The van der Waals surface area contributed by atoms with Crippen LogP contribution < -0.4 is 10.2 Å². The Balaban J connectivity index is 1.41. The number of rotatable bonds is 5. The molecular weight excluding hydrogens is 420 g/mol. The van der Waals surface area contributed by atoms with E-state index in [1.54, 1.807) is 18.2 Å². The first-order valence-corrected chi connectivity index (χ1v) is 11.3. The van der Waals surface area contributed by atoms with Crippen LogP contribution in [0.25, 0.3) is 0 Å². The highest BCUT2D eigenvalue weighted by Crippen LogP contribution is 2.42. The summed E-state index contributed by atoms with van der Waals surface area (Å²) >= 11 is 0. The van der Waals surface area contributed by atoms with Gasteiger partial charge in [-0.25, -0.2) is 4.79 Å². The lowest BCUT2D eigenvalue weighted by molar-refractivity contribution is -0.122. The number of anilines is 2. The van der Waals surface area contributed by atoms with Crippen molar-refractivity contribution in [2.45, 2.75) is 40.0 Å². The van der Waals surface area contributed by atoms with Crippen LogP contribution in [0, 0.1) is 31.6 Å². The number of carbonyl (C=O) groups excluding carboxylic acids is 4. The van der Waals surface area contributed by atoms with Crippen LogP contribution >= 0.6 is 0 Å². The zero-order chi connectivity index (χ0) is 23.7. The van der Waals surface area contributed by atoms with E-state index in [2.05, 4.69) is 12.2 Å². The molecule has 2 aromatic carbocycles. The van der Waals surface area contributed by atoms with E-state index in [9.17, 15) is 19.2 Å². The first kappa shape index (κ1) is 22.7. The number of esters is 1. The van der Waals surface area contributed by atoms with Gasteiger partial charge in [-0.05, 0) is 68.9 Å². The zero-order valence-electron chi connectivity index (χ0n) is 19.1. The Kier molecular flexibility index (Phi) is 6.31. The summed E-state index contributed by atoms with van der Waals surface area (Å²) in [5.41, 5.74) is 3.19. The molecule has 1 saturated carbocycles. The fourth-order valence-corrected chi connectivity index (χ4v) is 4.77. The molecular formula is C26H28N2O5. The molecule has 4 rings (SSSR count). The molecule has 7 nitrogen and oxygen atoms in total. The summed E-state index contributed by atoms with van der Waals surface area (Å²) in [7, 11) is 0. The molecule has 3 amide bonds. The minimum Gasteiger partial charge on any atom is -0.452 e. The minimum absolute atomic E-state index is 0.177. The van der Waals surface area contributed by atoms with Crippen LogP contribution in [-0.2, 0) is 19.1 Å². The SMILES string of the molecule is Cc1ccc(NC(=O)COC(=O)c2cccc(N3C(=O)[C@H]4C[C@H](C)CC[C@H]4C3=O)c2)c(C)c1. The lowest BCUT2D eigenvalue weighted by Gasteiger charge is -2.25. The van der Waals surface area contributed by atoms with Crippen LogP contribution in [-0.4, -0.2) is 30.3 Å². The number of hydrogen-bond donors (Lipinski definition) is 1. The summed E-state index contributed by atoms with van der Waals surface area (Å²) in [6.07, 6.45) is 2.36. The van der Waals surface area contributed by atoms with Crippen molar-refractivity contribution in [1.82, 2.24) is 0 Å². The Hall–Kier alpha value is -3.48. The molecule has 1 heterocycles. The fourth-order valence-electron chi connectivity index (χ4n) is 4.77. The van der Waals surface area contributed by atoms with Gasteiger partial charge in [-0.15, -0.1) is 0 Å². The average Bonchev–Trinajstić information content (AvgIpc) is 3.03. The number of imide groups is 1. The second-order valence-electron chi connectivity index (χ2n) is 9.14. The van der Waals surface area contributed by atoms with Crippen LogP contribution in [0.2, 0.25) is 0 Å². The van der Waals surface area contributed by atoms with E-state index in [0.29, 0.717) is 30.1 Å². The van der Waals surface area contributed by atoms with Crippen molar-refractivity contribution >= 4 is 35.1 Å². The third-order valence-corrected chi connectivity index (χ3v) is 6.52. The van der Waals surface area contributed by atoms with Crippen molar-refractivity contribution in [3.05, 3.63) is 59.2 Å². The number of benzene rings is 2. The predicted molar refractivity (Wildman–Crippen MR) is 124 cm³/mol. The van der Waals surface area contributed by atoms with Crippen molar-refractivity contribution in [2.75, 3.05) is 16.8 Å². The lowest BCUT2D eigenvalue weighted by atomic mass is 9.76. The second kappa shape index (κ2) is 9.17. The van der Waals surface area contributed by atoms with Crippen molar-refractivity contribution in [3.63, 3.8) is 0 Å². The van der Waals surface area contributed by atoms with Gasteiger partial charge in [-0.2, -0.15) is 0 Å². The summed E-state index contributed by atoms with van der Waals surface area (Å²) in [6, 6.07) is 11.9. The zero-order valence-corrected chi connectivity index (χ0v) is 19.1. The largest absolute Gasteiger partial charge is 0.452 e. The van der Waals surface area contributed by atoms with E-state index in [1.807, 2.05) is 26.0 Å². The minimum atomic E-state index is -0.697. The van der Waals surface area contributed by atoms with Crippen molar-refractivity contribution in [3.8, 4) is 0 Å². The molecule has 172 valence electrons. The smallest absolute Gasteiger partial charge is 0.338 e. The topological polar surface area (TPSA) is 92.8 Å². The molecule has 1 aliphatic heterocycles. The number of amides is 3. The first-order valence-electron chi connectivity index (χ1n) is 11.3. The highest BCUT2D eigenvalue weighted by Gasteiger charge is 2.50. The molecule has 3 atom stereocenters. The number of nitrogens with one attached hydrogen (secondary N) is 1. The maximum Gasteiger partial charge on any atom is 0.338 e. The Bertz CT molecular complexity index is 1130. The van der Waals surface area contributed by atoms with E-state index in [-0.39, 0.29) is 29.2 Å². The van der Waals surface area contributed by atoms with Gasteiger partial charge in [0.1, 0.15) is 0 Å². The van der Waals surface area contributed by atoms with E-state index in [1.165, 1.54) is 17.0 Å². The molecule has 0 aromatic heterocycles. The van der Waals surface area contributed by atoms with Gasteiger partial charge in [0.25, 0.3) is 5.91 Å². The third kappa shape index (κ3) is 4.67. The molecule has 2 aromatic rings. The summed E-state index contributed by atoms with van der Waals surface area (Å²) < 4.78 is 5.17. The molecule has 1 aliphatic carbocycles. The number of aryl methyl sites for hydroxylation is 2. The standard InChI is InChI=1S/C26H28N2O5/c1-15-8-10-22(17(3)11-15)27-23(29)14-33-26(32)18-5-4-6-19(13-18)28-24(30)20-9-7-16(2)12-21(20)25(28)31/h4-6,8,10-11,13,16,20-21H,7,9,12,14H2,1-3H3,(H,27,29)/t16-,20-,21+/m1/s1. The molecule has 0 radical (unpaired) electrons. The van der Waals surface area contributed by atoms with Crippen molar-refractivity contribution in [1.29, 1.82) is 0 Å². The summed E-state index contributed by atoms with van der Waals surface area (Å²) in [5.74, 6) is -1.69. The highest BCUT2D eigenvalue weighted by atomic mass is 16.5. The molecule has 7 heteroatoms. The maximum atomic E-state index is 13.0. The molecule has 2 aliphatic rings. The summed E-state index contributed by atoms with van der Waals surface area (Å²) in [4.78, 5) is 51.8. The number of hydrogen-bond acceptors (Lipinski definition) is 5. The van der Waals surface area contributed by atoms with Gasteiger partial charge in [0.2, 0.25) is 11.8 Å². The molecule has 0 bridgehead atoms. The number of nitrogens with zero attached hydrogens (tertiary/aromatic N) is 1. The van der Waals surface area contributed by atoms with Crippen molar-refractivity contribution in [2.24, 2.45) is 17.8 Å². The van der Waals surface area contributed by atoms with Gasteiger partial charge < -0.3 is 10.1 Å². The van der Waals surface area contributed by atoms with Gasteiger partial charge in [-0.3, -0.25) is 19.3 Å². The predicted octanol–water partition coefficient (Wildman–Crippen LogP) is 4.02. The van der Waals surface area contributed by atoms with Gasteiger partial charge >= 0.3 is 5.97 Å². The number of carbonyl (C=O) groups is 4. The van der Waals surface area contributed by atoms with Gasteiger partial charge in [0, 0.05) is 5.69 Å². The fraction of sp³-hybridized carbons (Fsp3) is 0.385. The molecule has 0 spiro atoms. The normalized spacial score (nSPS) is 22.2. The number of fused-ring (bicyclic) bond motifs is 1. The Morgan fingerprint density at radius 3 is 2.55 bits per heavy atom. The van der Waals surface area contributed by atoms with Crippen LogP contribution in [0.3, 0.4) is 0 Å². The number of ether oxygens (including phenoxy) is 1. The summed E-state index contributed by atoms with van der Waals surface area (Å²) in [6.45, 7) is 5.51. The van der Waals surface area contributed by atoms with E-state index in [0.717, 1.165) is 17.5 Å². The molecule has 1 N–H and O–H groups in total. The molecule has 1 saturated heterocycles. The monoisotopic (exact) mass is 448 g/mol. The van der Waals surface area contributed by atoms with Crippen molar-refractivity contribution < 1.29 is 23.9 Å². The second-order valence-corrected chi connectivity index (χ2v) is 9.14. The third-order valence-electron chi connectivity index (χ3n) is 6.52. The molecule has 0 unspecified atom stereocenters. The van der Waals surface area contributed by atoms with Crippen LogP contribution in [0.1, 0.15) is 47.7 Å². The van der Waals surface area contributed by atoms with Crippen LogP contribution in [0.15, 0.2) is 42.5 Å². The van der Waals surface area contributed by atoms with E-state index >= 15 is 0 Å². The highest BCUT2D eigenvalue weighted by molar-refractivity contribution is 6.22. The lowest BCUT2D eigenvalue weighted by Crippen LogP contribution is -2.31. The van der Waals surface area contributed by atoms with Crippen LogP contribution in [0.4, 0.5) is 11.4 Å². The molecule has 2 fully saturated rings. The van der Waals surface area contributed by atoms with Gasteiger partial charge in [0.05, 0.1) is 23.1 Å². The van der Waals surface area contributed by atoms with Gasteiger partial charge in [0.15, 0.2) is 6.61 Å². The Labute approximate surface area is 193 Å². The quantitative estimate of drug-likeness (QED) is 0.551. The first-order chi connectivity index (χ1) is 15.7. The average molecular weight is 449 g/mol. The Morgan fingerprint density at radius 2 is 1.79 bits per heavy atom. The molecule has 33 heavy (non-hydrogen) atoms. The van der Waals surface area contributed by atoms with Gasteiger partial charge in [-0.1, -0.05) is 30.7 Å². The summed E-state index contributed by atoms with van der Waals surface area (Å²) in [5, 5.41) is 2.73. The Morgan fingerprint density at radius 1 is 1.03 bits per heavy atom. The van der Waals surface area contributed by atoms with E-state index in [4.69, 9.17) is 4.74 Å². The van der Waals surface area contributed by atoms with E-state index < -0.39 is 18.5 Å². The van der Waals surface area contributed by atoms with Crippen LogP contribution in [0.5, 0.6) is 0 Å². The maximum absolute atomic E-state index is 13.0.